The lowest BCUT2D eigenvalue weighted by Crippen LogP contribution is -2.32. The molecular formula is C13H20N2O3. The van der Waals surface area contributed by atoms with Crippen LogP contribution in [0.25, 0.3) is 0 Å². The van der Waals surface area contributed by atoms with Gasteiger partial charge in [0, 0.05) is 12.2 Å². The van der Waals surface area contributed by atoms with Gasteiger partial charge in [0.25, 0.3) is 0 Å². The summed E-state index contributed by atoms with van der Waals surface area (Å²) >= 11 is 0. The minimum absolute atomic E-state index is 0.0896. The van der Waals surface area contributed by atoms with Crippen molar-refractivity contribution < 1.29 is 14.2 Å². The predicted octanol–water partition coefficient (Wildman–Crippen LogP) is 1.39. The summed E-state index contributed by atoms with van der Waals surface area (Å²) in [6.07, 6.45) is 0.990. The second kappa shape index (κ2) is 6.58. The van der Waals surface area contributed by atoms with Crippen LogP contribution in [0.2, 0.25) is 0 Å². The van der Waals surface area contributed by atoms with Crippen molar-refractivity contribution in [2.45, 2.75) is 19.4 Å². The van der Waals surface area contributed by atoms with E-state index in [1.54, 1.807) is 0 Å². The van der Waals surface area contributed by atoms with Crippen molar-refractivity contribution in [3.63, 3.8) is 0 Å². The average Bonchev–Trinajstić information content (AvgIpc) is 2.43. The van der Waals surface area contributed by atoms with Crippen LogP contribution >= 0.6 is 0 Å². The number of ether oxygens (including phenoxy) is 3. The topological polar surface area (TPSA) is 65.7 Å². The van der Waals surface area contributed by atoms with Crippen molar-refractivity contribution in [2.24, 2.45) is 5.84 Å². The lowest BCUT2D eigenvalue weighted by molar-refractivity contribution is 0.109. The molecule has 0 saturated carbocycles. The van der Waals surface area contributed by atoms with Gasteiger partial charge >= 0.3 is 0 Å². The second-order valence-electron chi connectivity index (χ2n) is 4.17. The highest BCUT2D eigenvalue weighted by molar-refractivity contribution is 5.48. The maximum atomic E-state index is 5.67. The van der Waals surface area contributed by atoms with Gasteiger partial charge in [0.05, 0.1) is 12.6 Å². The summed E-state index contributed by atoms with van der Waals surface area (Å²) in [6.45, 7) is 4.47. The summed E-state index contributed by atoms with van der Waals surface area (Å²) in [6, 6.07) is 5.73. The Morgan fingerprint density at radius 1 is 1.39 bits per heavy atom. The van der Waals surface area contributed by atoms with Gasteiger partial charge in [-0.05, 0) is 12.5 Å². The first-order valence-electron chi connectivity index (χ1n) is 6.29. The molecule has 5 nitrogen and oxygen atoms in total. The SMILES string of the molecule is CCCOCC(NN)c1cccc2c1OCCO2. The Bertz CT molecular complexity index is 384. The number of fused-ring (bicyclic) bond motifs is 1. The number of hydrogen-bond donors (Lipinski definition) is 2. The standard InChI is InChI=1S/C13H20N2O3/c1-2-6-16-9-11(15-14)10-4-3-5-12-13(10)18-8-7-17-12/h3-5,11,15H,2,6-9,14H2,1H3. The van der Waals surface area contributed by atoms with Crippen molar-refractivity contribution >= 4 is 0 Å². The van der Waals surface area contributed by atoms with Gasteiger partial charge in [-0.3, -0.25) is 11.3 Å². The van der Waals surface area contributed by atoms with Crippen molar-refractivity contribution in [1.82, 2.24) is 5.43 Å². The smallest absolute Gasteiger partial charge is 0.166 e. The monoisotopic (exact) mass is 252 g/mol. The lowest BCUT2D eigenvalue weighted by atomic mass is 10.1. The molecule has 0 amide bonds. The van der Waals surface area contributed by atoms with Crippen LogP contribution in [-0.2, 0) is 4.74 Å². The molecule has 1 aliphatic heterocycles. The molecule has 3 N–H and O–H groups in total. The normalized spacial score (nSPS) is 15.4. The molecule has 0 saturated heterocycles. The van der Waals surface area contributed by atoms with Gasteiger partial charge < -0.3 is 14.2 Å². The van der Waals surface area contributed by atoms with E-state index in [1.165, 1.54) is 0 Å². The zero-order valence-electron chi connectivity index (χ0n) is 10.6. The molecule has 1 aromatic rings. The van der Waals surface area contributed by atoms with E-state index in [0.29, 0.717) is 19.8 Å². The molecule has 0 aliphatic carbocycles. The second-order valence-corrected chi connectivity index (χ2v) is 4.17. The van der Waals surface area contributed by atoms with Crippen LogP contribution in [0.15, 0.2) is 18.2 Å². The number of rotatable bonds is 6. The van der Waals surface area contributed by atoms with E-state index in [1.807, 2.05) is 18.2 Å². The zero-order chi connectivity index (χ0) is 12.8. The summed E-state index contributed by atoms with van der Waals surface area (Å²) in [4.78, 5) is 0. The van der Waals surface area contributed by atoms with Gasteiger partial charge in [0.15, 0.2) is 11.5 Å². The quantitative estimate of drug-likeness (QED) is 0.455. The van der Waals surface area contributed by atoms with E-state index >= 15 is 0 Å². The summed E-state index contributed by atoms with van der Waals surface area (Å²) < 4.78 is 16.8. The fourth-order valence-corrected chi connectivity index (χ4v) is 1.94. The van der Waals surface area contributed by atoms with Crippen LogP contribution in [0, 0.1) is 0 Å². The van der Waals surface area contributed by atoms with Crippen molar-refractivity contribution in [3.8, 4) is 11.5 Å². The van der Waals surface area contributed by atoms with Crippen LogP contribution in [0.1, 0.15) is 24.9 Å². The Labute approximate surface area is 107 Å². The Morgan fingerprint density at radius 2 is 2.22 bits per heavy atom. The molecule has 2 rings (SSSR count). The van der Waals surface area contributed by atoms with Crippen LogP contribution in [0.4, 0.5) is 0 Å². The van der Waals surface area contributed by atoms with E-state index in [4.69, 9.17) is 20.1 Å². The highest BCUT2D eigenvalue weighted by Gasteiger charge is 2.21. The summed E-state index contributed by atoms with van der Waals surface area (Å²) in [5.74, 6) is 7.14. The molecule has 0 fully saturated rings. The molecule has 0 bridgehead atoms. The number of hydrogen-bond acceptors (Lipinski definition) is 5. The molecule has 0 spiro atoms. The van der Waals surface area contributed by atoms with Gasteiger partial charge in [-0.2, -0.15) is 0 Å². The molecule has 5 heteroatoms. The van der Waals surface area contributed by atoms with Crippen molar-refractivity contribution in [3.05, 3.63) is 23.8 Å². The van der Waals surface area contributed by atoms with Gasteiger partial charge in [-0.1, -0.05) is 19.1 Å². The Morgan fingerprint density at radius 3 is 3.00 bits per heavy atom. The number of benzene rings is 1. The first-order valence-corrected chi connectivity index (χ1v) is 6.29. The highest BCUT2D eigenvalue weighted by Crippen LogP contribution is 2.36. The Balaban J connectivity index is 2.14. The zero-order valence-corrected chi connectivity index (χ0v) is 10.6. The molecule has 100 valence electrons. The van der Waals surface area contributed by atoms with E-state index < -0.39 is 0 Å². The van der Waals surface area contributed by atoms with E-state index in [-0.39, 0.29) is 6.04 Å². The number of nitrogens with one attached hydrogen (secondary N) is 1. The molecule has 0 radical (unpaired) electrons. The summed E-state index contributed by atoms with van der Waals surface area (Å²) in [5, 5.41) is 0. The molecule has 1 atom stereocenters. The summed E-state index contributed by atoms with van der Waals surface area (Å²) in [5.41, 5.74) is 3.74. The van der Waals surface area contributed by atoms with Gasteiger partial charge in [-0.15, -0.1) is 0 Å². The maximum Gasteiger partial charge on any atom is 0.166 e. The molecule has 1 aliphatic rings. The van der Waals surface area contributed by atoms with E-state index in [2.05, 4.69) is 12.3 Å². The lowest BCUT2D eigenvalue weighted by Gasteiger charge is -2.24. The number of hydrazine groups is 1. The van der Waals surface area contributed by atoms with Gasteiger partial charge in [0.2, 0.25) is 0 Å². The molecule has 18 heavy (non-hydrogen) atoms. The fourth-order valence-electron chi connectivity index (χ4n) is 1.94. The molecule has 0 aromatic heterocycles. The molecule has 1 heterocycles. The third-order valence-electron chi connectivity index (χ3n) is 2.81. The first-order chi connectivity index (χ1) is 8.86. The summed E-state index contributed by atoms with van der Waals surface area (Å²) in [7, 11) is 0. The predicted molar refractivity (Wildman–Crippen MR) is 68.6 cm³/mol. The first kappa shape index (κ1) is 13.1. The largest absolute Gasteiger partial charge is 0.486 e. The maximum absolute atomic E-state index is 5.67. The molecule has 1 unspecified atom stereocenters. The van der Waals surface area contributed by atoms with Crippen LogP contribution < -0.4 is 20.7 Å². The minimum Gasteiger partial charge on any atom is -0.486 e. The number of para-hydroxylation sites is 1. The minimum atomic E-state index is -0.0896. The van der Waals surface area contributed by atoms with Crippen LogP contribution in [0.3, 0.4) is 0 Å². The molecule has 1 aromatic carbocycles. The Hall–Kier alpha value is -1.30. The van der Waals surface area contributed by atoms with E-state index in [9.17, 15) is 0 Å². The highest BCUT2D eigenvalue weighted by atomic mass is 16.6. The third-order valence-corrected chi connectivity index (χ3v) is 2.81. The van der Waals surface area contributed by atoms with E-state index in [0.717, 1.165) is 30.1 Å². The van der Waals surface area contributed by atoms with Crippen LogP contribution in [-0.4, -0.2) is 26.4 Å². The van der Waals surface area contributed by atoms with Gasteiger partial charge in [-0.25, -0.2) is 0 Å². The fraction of sp³-hybridized carbons (Fsp3) is 0.538. The van der Waals surface area contributed by atoms with Gasteiger partial charge in [0.1, 0.15) is 13.2 Å². The average molecular weight is 252 g/mol. The van der Waals surface area contributed by atoms with Crippen LogP contribution in [0.5, 0.6) is 11.5 Å². The van der Waals surface area contributed by atoms with Crippen molar-refractivity contribution in [2.75, 3.05) is 26.4 Å². The number of nitrogens with two attached hydrogens (primary N) is 1. The molecular weight excluding hydrogens is 232 g/mol. The third kappa shape index (κ3) is 2.93. The van der Waals surface area contributed by atoms with Crippen molar-refractivity contribution in [1.29, 1.82) is 0 Å². The Kier molecular flexibility index (Phi) is 4.81.